The first-order valence-corrected chi connectivity index (χ1v) is 7.06. The summed E-state index contributed by atoms with van der Waals surface area (Å²) in [5, 5.41) is 0.699. The van der Waals surface area contributed by atoms with Gasteiger partial charge in [0, 0.05) is 29.8 Å². The van der Waals surface area contributed by atoms with Gasteiger partial charge in [-0.15, -0.1) is 0 Å². The van der Waals surface area contributed by atoms with Crippen molar-refractivity contribution in [2.45, 2.75) is 25.8 Å². The smallest absolute Gasteiger partial charge is 0.147 e. The summed E-state index contributed by atoms with van der Waals surface area (Å²) < 4.78 is 0.909. The molecule has 0 spiro atoms. The fourth-order valence-electron chi connectivity index (χ4n) is 2.27. The zero-order valence-corrected chi connectivity index (χ0v) is 12.2. The number of hydrogen-bond acceptors (Lipinski definition) is 3. The van der Waals surface area contributed by atoms with Crippen LogP contribution in [-0.2, 0) is 0 Å². The highest BCUT2D eigenvalue weighted by molar-refractivity contribution is 9.10. The van der Waals surface area contributed by atoms with Gasteiger partial charge in [-0.25, -0.2) is 4.98 Å². The molecule has 0 aromatic carbocycles. The molecule has 1 aromatic heterocycles. The molecule has 2 rings (SSSR count). The summed E-state index contributed by atoms with van der Waals surface area (Å²) in [5.74, 6) is 1.41. The largest absolute Gasteiger partial charge is 0.355 e. The lowest BCUT2D eigenvalue weighted by atomic mass is 9.92. The molecule has 0 amide bonds. The van der Waals surface area contributed by atoms with E-state index in [1.54, 1.807) is 6.20 Å². The van der Waals surface area contributed by atoms with Crippen LogP contribution >= 0.6 is 27.5 Å². The molecule has 5 heteroatoms. The van der Waals surface area contributed by atoms with Gasteiger partial charge in [0.25, 0.3) is 0 Å². The quantitative estimate of drug-likeness (QED) is 0.911. The number of pyridine rings is 1. The number of aromatic nitrogens is 1. The zero-order valence-electron chi connectivity index (χ0n) is 9.87. The Hall–Kier alpha value is -0.320. The topological polar surface area (TPSA) is 42.1 Å². The SMILES string of the molecule is CC(N)C1CCCN(c2ncc(Br)cc2Cl)C1. The van der Waals surface area contributed by atoms with Gasteiger partial charge in [-0.3, -0.25) is 0 Å². The third-order valence-corrected chi connectivity index (χ3v) is 4.00. The molecule has 3 nitrogen and oxygen atoms in total. The molecule has 1 aliphatic heterocycles. The van der Waals surface area contributed by atoms with E-state index < -0.39 is 0 Å². The van der Waals surface area contributed by atoms with Crippen LogP contribution in [0.3, 0.4) is 0 Å². The van der Waals surface area contributed by atoms with Crippen molar-refractivity contribution in [3.63, 3.8) is 0 Å². The van der Waals surface area contributed by atoms with Crippen LogP contribution in [0.4, 0.5) is 5.82 Å². The van der Waals surface area contributed by atoms with Gasteiger partial charge in [-0.05, 0) is 47.7 Å². The second-order valence-corrected chi connectivity index (χ2v) is 5.99. The second kappa shape index (κ2) is 5.55. The Labute approximate surface area is 115 Å². The van der Waals surface area contributed by atoms with Crippen molar-refractivity contribution >= 4 is 33.3 Å². The highest BCUT2D eigenvalue weighted by Crippen LogP contribution is 2.30. The molecule has 1 fully saturated rings. The molecule has 2 N–H and O–H groups in total. The van der Waals surface area contributed by atoms with Crippen LogP contribution in [0.15, 0.2) is 16.7 Å². The number of anilines is 1. The van der Waals surface area contributed by atoms with Gasteiger partial charge in [0.05, 0.1) is 5.02 Å². The third-order valence-electron chi connectivity index (χ3n) is 3.29. The van der Waals surface area contributed by atoms with Crippen LogP contribution in [0, 0.1) is 5.92 Å². The lowest BCUT2D eigenvalue weighted by Gasteiger charge is -2.35. The summed E-state index contributed by atoms with van der Waals surface area (Å²) in [6.45, 7) is 4.04. The maximum Gasteiger partial charge on any atom is 0.147 e. The number of nitrogens with zero attached hydrogens (tertiary/aromatic N) is 2. The van der Waals surface area contributed by atoms with E-state index in [-0.39, 0.29) is 6.04 Å². The molecule has 2 heterocycles. The molecule has 1 aliphatic rings. The average Bonchev–Trinajstić information content (AvgIpc) is 2.29. The van der Waals surface area contributed by atoms with Gasteiger partial charge >= 0.3 is 0 Å². The van der Waals surface area contributed by atoms with Crippen molar-refractivity contribution in [2.24, 2.45) is 11.7 Å². The molecule has 0 bridgehead atoms. The number of piperidine rings is 1. The van der Waals surface area contributed by atoms with E-state index in [1.807, 2.05) is 6.07 Å². The highest BCUT2D eigenvalue weighted by Gasteiger charge is 2.24. The van der Waals surface area contributed by atoms with Crippen molar-refractivity contribution in [3.05, 3.63) is 21.8 Å². The lowest BCUT2D eigenvalue weighted by molar-refractivity contribution is 0.363. The summed E-state index contributed by atoms with van der Waals surface area (Å²) >= 11 is 9.59. The van der Waals surface area contributed by atoms with E-state index in [0.717, 1.165) is 29.8 Å². The normalized spacial score (nSPS) is 22.6. The number of hydrogen-bond donors (Lipinski definition) is 1. The van der Waals surface area contributed by atoms with E-state index in [1.165, 1.54) is 6.42 Å². The summed E-state index contributed by atoms with van der Waals surface area (Å²) in [6, 6.07) is 2.12. The van der Waals surface area contributed by atoms with Gasteiger partial charge in [0.1, 0.15) is 5.82 Å². The van der Waals surface area contributed by atoms with Crippen molar-refractivity contribution in [1.29, 1.82) is 0 Å². The van der Waals surface area contributed by atoms with Crippen LogP contribution in [0.1, 0.15) is 19.8 Å². The number of nitrogens with two attached hydrogens (primary N) is 1. The molecular formula is C12H17BrClN3. The summed E-state index contributed by atoms with van der Waals surface area (Å²) in [7, 11) is 0. The van der Waals surface area contributed by atoms with Crippen LogP contribution < -0.4 is 10.6 Å². The van der Waals surface area contributed by atoms with E-state index >= 15 is 0 Å². The standard InChI is InChI=1S/C12H17BrClN3/c1-8(15)9-3-2-4-17(7-9)12-11(14)5-10(13)6-16-12/h5-6,8-9H,2-4,7,15H2,1H3. The Morgan fingerprint density at radius 2 is 2.41 bits per heavy atom. The van der Waals surface area contributed by atoms with Crippen molar-refractivity contribution in [3.8, 4) is 0 Å². The minimum atomic E-state index is 0.229. The Bertz CT molecular complexity index is 397. The predicted molar refractivity (Wildman–Crippen MR) is 75.5 cm³/mol. The summed E-state index contributed by atoms with van der Waals surface area (Å²) in [5.41, 5.74) is 5.98. The summed E-state index contributed by atoms with van der Waals surface area (Å²) in [4.78, 5) is 6.64. The Kier molecular flexibility index (Phi) is 4.28. The third kappa shape index (κ3) is 3.12. The van der Waals surface area contributed by atoms with E-state index in [0.29, 0.717) is 10.9 Å². The molecule has 1 aromatic rings. The first kappa shape index (κ1) is 13.1. The second-order valence-electron chi connectivity index (χ2n) is 4.67. The molecule has 0 aliphatic carbocycles. The fourth-order valence-corrected chi connectivity index (χ4v) is 3.02. The minimum Gasteiger partial charge on any atom is -0.355 e. The Morgan fingerprint density at radius 1 is 1.65 bits per heavy atom. The van der Waals surface area contributed by atoms with Crippen molar-refractivity contribution < 1.29 is 0 Å². The van der Waals surface area contributed by atoms with Crippen molar-refractivity contribution in [2.75, 3.05) is 18.0 Å². The molecule has 2 unspecified atom stereocenters. The zero-order chi connectivity index (χ0) is 12.4. The molecule has 1 saturated heterocycles. The summed E-state index contributed by atoms with van der Waals surface area (Å²) in [6.07, 6.45) is 4.14. The maximum atomic E-state index is 6.22. The van der Waals surface area contributed by atoms with Gasteiger partial charge in [-0.1, -0.05) is 11.6 Å². The van der Waals surface area contributed by atoms with Gasteiger partial charge in [-0.2, -0.15) is 0 Å². The van der Waals surface area contributed by atoms with Crippen LogP contribution in [-0.4, -0.2) is 24.1 Å². The molecule has 17 heavy (non-hydrogen) atoms. The highest BCUT2D eigenvalue weighted by atomic mass is 79.9. The number of halogens is 2. The monoisotopic (exact) mass is 317 g/mol. The molecule has 0 radical (unpaired) electrons. The molecule has 2 atom stereocenters. The van der Waals surface area contributed by atoms with Crippen molar-refractivity contribution in [1.82, 2.24) is 4.98 Å². The molecule has 94 valence electrons. The average molecular weight is 319 g/mol. The molecule has 0 saturated carbocycles. The molecular weight excluding hydrogens is 302 g/mol. The van der Waals surface area contributed by atoms with Crippen LogP contribution in [0.2, 0.25) is 5.02 Å². The Balaban J connectivity index is 2.16. The van der Waals surface area contributed by atoms with Gasteiger partial charge in [0.2, 0.25) is 0 Å². The van der Waals surface area contributed by atoms with E-state index in [4.69, 9.17) is 17.3 Å². The van der Waals surface area contributed by atoms with Gasteiger partial charge < -0.3 is 10.6 Å². The fraction of sp³-hybridized carbons (Fsp3) is 0.583. The first-order chi connectivity index (χ1) is 8.08. The van der Waals surface area contributed by atoms with E-state index in [9.17, 15) is 0 Å². The Morgan fingerprint density at radius 3 is 3.06 bits per heavy atom. The van der Waals surface area contributed by atoms with Crippen LogP contribution in [0.5, 0.6) is 0 Å². The van der Waals surface area contributed by atoms with Crippen LogP contribution in [0.25, 0.3) is 0 Å². The lowest BCUT2D eigenvalue weighted by Crippen LogP contribution is -2.42. The first-order valence-electron chi connectivity index (χ1n) is 5.89. The minimum absolute atomic E-state index is 0.229. The predicted octanol–water partition coefficient (Wildman–Crippen LogP) is 3.06. The maximum absolute atomic E-state index is 6.22. The van der Waals surface area contributed by atoms with Gasteiger partial charge in [0.15, 0.2) is 0 Å². The van der Waals surface area contributed by atoms with E-state index in [2.05, 4.69) is 32.7 Å². The number of rotatable bonds is 2.